The second-order valence-corrected chi connectivity index (χ2v) is 14.9. The third kappa shape index (κ3) is 6.67. The van der Waals surface area contributed by atoms with Crippen LogP contribution in [0.25, 0.3) is 0 Å². The standard InChI is InChI=1S/C29H42O6P2/c1-19-11-21(3)25(23(13-19)27(5,6)7)34-36-30-15-29(16-31-36)17-32-37(33-18-29)35-26-22(4)12-20(2)14-24(26)28(8,9)10/h11-14H,15-18H2,1-10H3. The van der Waals surface area contributed by atoms with Crippen LogP contribution in [0.5, 0.6) is 11.5 Å². The van der Waals surface area contributed by atoms with Gasteiger partial charge in [-0.05, 0) is 49.7 Å². The molecule has 2 aromatic rings. The zero-order valence-corrected chi connectivity index (χ0v) is 25.8. The van der Waals surface area contributed by atoms with Gasteiger partial charge in [0, 0.05) is 11.1 Å². The maximum Gasteiger partial charge on any atom is 0.397 e. The molecule has 4 rings (SSSR count). The summed E-state index contributed by atoms with van der Waals surface area (Å²) in [6, 6.07) is 8.65. The Morgan fingerprint density at radius 3 is 1.22 bits per heavy atom. The number of hydrogen-bond acceptors (Lipinski definition) is 6. The van der Waals surface area contributed by atoms with Crippen LogP contribution >= 0.6 is 17.2 Å². The van der Waals surface area contributed by atoms with Crippen LogP contribution in [0.2, 0.25) is 0 Å². The summed E-state index contributed by atoms with van der Waals surface area (Å²) in [5.41, 5.74) is 6.47. The van der Waals surface area contributed by atoms with Crippen LogP contribution in [0.4, 0.5) is 0 Å². The average Bonchev–Trinajstić information content (AvgIpc) is 2.78. The van der Waals surface area contributed by atoms with Crippen molar-refractivity contribution in [3.05, 3.63) is 57.6 Å². The first-order valence-corrected chi connectivity index (χ1v) is 15.1. The molecule has 0 amide bonds. The molecule has 0 saturated carbocycles. The summed E-state index contributed by atoms with van der Waals surface area (Å²) in [5.74, 6) is 1.72. The van der Waals surface area contributed by atoms with E-state index < -0.39 is 17.2 Å². The summed E-state index contributed by atoms with van der Waals surface area (Å²) in [5, 5.41) is 0. The fourth-order valence-corrected chi connectivity index (χ4v) is 7.26. The monoisotopic (exact) mass is 548 g/mol. The molecule has 2 aromatic carbocycles. The van der Waals surface area contributed by atoms with Gasteiger partial charge >= 0.3 is 17.2 Å². The molecular formula is C29H42O6P2. The Morgan fingerprint density at radius 2 is 0.919 bits per heavy atom. The van der Waals surface area contributed by atoms with Crippen LogP contribution in [0.3, 0.4) is 0 Å². The molecule has 1 spiro atoms. The van der Waals surface area contributed by atoms with Crippen LogP contribution in [-0.2, 0) is 28.9 Å². The highest BCUT2D eigenvalue weighted by atomic mass is 31.2. The predicted molar refractivity (Wildman–Crippen MR) is 151 cm³/mol. The van der Waals surface area contributed by atoms with Crippen LogP contribution in [0, 0.1) is 33.1 Å². The lowest BCUT2D eigenvalue weighted by Gasteiger charge is -2.41. The molecule has 0 aromatic heterocycles. The van der Waals surface area contributed by atoms with E-state index in [1.165, 1.54) is 11.1 Å². The van der Waals surface area contributed by atoms with E-state index in [1.807, 2.05) is 0 Å². The summed E-state index contributed by atoms with van der Waals surface area (Å²) < 4.78 is 37.1. The van der Waals surface area contributed by atoms with Gasteiger partial charge < -0.3 is 27.1 Å². The van der Waals surface area contributed by atoms with Crippen molar-refractivity contribution in [3.8, 4) is 11.5 Å². The first-order chi connectivity index (χ1) is 17.2. The van der Waals surface area contributed by atoms with Crippen LogP contribution in [0.15, 0.2) is 24.3 Å². The molecule has 8 heteroatoms. The van der Waals surface area contributed by atoms with Crippen LogP contribution < -0.4 is 9.05 Å². The second kappa shape index (κ2) is 10.7. The highest BCUT2D eigenvalue weighted by Crippen LogP contribution is 2.55. The number of rotatable bonds is 4. The van der Waals surface area contributed by atoms with Gasteiger partial charge in [-0.25, -0.2) is 0 Å². The minimum absolute atomic E-state index is 0.0522. The lowest BCUT2D eigenvalue weighted by molar-refractivity contribution is -0.0674. The van der Waals surface area contributed by atoms with Crippen molar-refractivity contribution >= 4 is 17.2 Å². The first-order valence-electron chi connectivity index (χ1n) is 12.9. The van der Waals surface area contributed by atoms with Gasteiger partial charge in [-0.1, -0.05) is 76.9 Å². The predicted octanol–water partition coefficient (Wildman–Crippen LogP) is 8.51. The molecule has 2 saturated heterocycles. The molecule has 0 bridgehead atoms. The Morgan fingerprint density at radius 1 is 0.595 bits per heavy atom. The molecular weight excluding hydrogens is 506 g/mol. The quantitative estimate of drug-likeness (QED) is 0.357. The van der Waals surface area contributed by atoms with E-state index in [0.29, 0.717) is 26.4 Å². The van der Waals surface area contributed by atoms with Crippen molar-refractivity contribution in [1.82, 2.24) is 0 Å². The van der Waals surface area contributed by atoms with E-state index in [-0.39, 0.29) is 16.2 Å². The fourth-order valence-electron chi connectivity index (χ4n) is 4.60. The molecule has 2 aliphatic rings. The summed E-state index contributed by atoms with van der Waals surface area (Å²) in [4.78, 5) is 0. The number of benzene rings is 2. The van der Waals surface area contributed by atoms with Crippen molar-refractivity contribution in [2.45, 2.75) is 80.1 Å². The normalized spacial score (nSPS) is 24.8. The van der Waals surface area contributed by atoms with Gasteiger partial charge in [-0.2, -0.15) is 0 Å². The molecule has 2 heterocycles. The van der Waals surface area contributed by atoms with Gasteiger partial charge in [-0.15, -0.1) is 0 Å². The number of aryl methyl sites for hydroxylation is 4. The Balaban J connectivity index is 1.38. The Kier molecular flexibility index (Phi) is 8.33. The molecule has 2 fully saturated rings. The van der Waals surface area contributed by atoms with E-state index in [0.717, 1.165) is 33.8 Å². The van der Waals surface area contributed by atoms with Crippen LogP contribution in [0.1, 0.15) is 74.9 Å². The van der Waals surface area contributed by atoms with E-state index in [9.17, 15) is 0 Å². The fraction of sp³-hybridized carbons (Fsp3) is 0.586. The minimum atomic E-state index is -1.50. The van der Waals surface area contributed by atoms with Gasteiger partial charge in [0.25, 0.3) is 0 Å². The Hall–Kier alpha value is -1.26. The zero-order chi connectivity index (χ0) is 27.2. The third-order valence-electron chi connectivity index (χ3n) is 6.69. The second-order valence-electron chi connectivity index (χ2n) is 12.6. The maximum atomic E-state index is 6.32. The minimum Gasteiger partial charge on any atom is -0.426 e. The van der Waals surface area contributed by atoms with Gasteiger partial charge in [0.2, 0.25) is 0 Å². The third-order valence-corrected chi connectivity index (χ3v) is 8.71. The highest BCUT2D eigenvalue weighted by molar-refractivity contribution is 7.42. The van der Waals surface area contributed by atoms with Crippen molar-refractivity contribution in [2.75, 3.05) is 26.4 Å². The summed E-state index contributed by atoms with van der Waals surface area (Å²) in [6.45, 7) is 23.3. The van der Waals surface area contributed by atoms with Crippen molar-refractivity contribution in [3.63, 3.8) is 0 Å². The topological polar surface area (TPSA) is 55.4 Å². The van der Waals surface area contributed by atoms with Gasteiger partial charge in [0.15, 0.2) is 0 Å². The summed E-state index contributed by atoms with van der Waals surface area (Å²) in [7, 11) is -3.00. The molecule has 0 unspecified atom stereocenters. The van der Waals surface area contributed by atoms with E-state index >= 15 is 0 Å². The van der Waals surface area contributed by atoms with E-state index in [4.69, 9.17) is 27.1 Å². The van der Waals surface area contributed by atoms with Gasteiger partial charge in [0.1, 0.15) is 11.5 Å². The lowest BCUT2D eigenvalue weighted by atomic mass is 9.84. The van der Waals surface area contributed by atoms with Crippen molar-refractivity contribution in [2.24, 2.45) is 5.41 Å². The van der Waals surface area contributed by atoms with Crippen molar-refractivity contribution in [1.29, 1.82) is 0 Å². The maximum absolute atomic E-state index is 6.32. The largest absolute Gasteiger partial charge is 0.426 e. The highest BCUT2D eigenvalue weighted by Gasteiger charge is 2.45. The van der Waals surface area contributed by atoms with Crippen molar-refractivity contribution < 1.29 is 27.1 Å². The average molecular weight is 549 g/mol. The molecule has 204 valence electrons. The number of hydrogen-bond donors (Lipinski definition) is 0. The molecule has 0 aliphatic carbocycles. The lowest BCUT2D eigenvalue weighted by Crippen LogP contribution is -2.45. The Bertz CT molecular complexity index is 1030. The first kappa shape index (κ1) is 28.7. The molecule has 0 atom stereocenters. The molecule has 0 radical (unpaired) electrons. The zero-order valence-electron chi connectivity index (χ0n) is 24.0. The molecule has 0 N–H and O–H groups in total. The SMILES string of the molecule is Cc1cc(C)c(OP2OCC3(CO2)COP(Oc2c(C)cc(C)cc2C(C)(C)C)OC3)c(C(C)(C)C)c1. The van der Waals surface area contributed by atoms with Gasteiger partial charge in [-0.3, -0.25) is 0 Å². The Labute approximate surface area is 225 Å². The van der Waals surface area contributed by atoms with E-state index in [2.05, 4.69) is 93.5 Å². The van der Waals surface area contributed by atoms with E-state index in [1.54, 1.807) is 0 Å². The smallest absolute Gasteiger partial charge is 0.397 e. The summed E-state index contributed by atoms with van der Waals surface area (Å²) >= 11 is 0. The van der Waals surface area contributed by atoms with Crippen LogP contribution in [-0.4, -0.2) is 26.4 Å². The summed E-state index contributed by atoms with van der Waals surface area (Å²) in [6.07, 6.45) is 0. The molecule has 2 aliphatic heterocycles. The molecule has 6 nitrogen and oxygen atoms in total. The molecule has 37 heavy (non-hydrogen) atoms. The van der Waals surface area contributed by atoms with Gasteiger partial charge in [0.05, 0.1) is 31.8 Å².